The minimum Gasteiger partial charge on any atom is -0.355 e. The van der Waals surface area contributed by atoms with E-state index in [0.29, 0.717) is 24.5 Å². The Kier molecular flexibility index (Phi) is 4.97. The smallest absolute Gasteiger partial charge is 0.277 e. The molecule has 0 saturated carbocycles. The lowest BCUT2D eigenvalue weighted by molar-refractivity contribution is 0.101. The van der Waals surface area contributed by atoms with Crippen LogP contribution in [0.3, 0.4) is 0 Å². The number of nitrogens with one attached hydrogen (secondary N) is 1. The summed E-state index contributed by atoms with van der Waals surface area (Å²) >= 11 is 0. The van der Waals surface area contributed by atoms with E-state index in [4.69, 9.17) is 4.52 Å². The van der Waals surface area contributed by atoms with Gasteiger partial charge in [-0.2, -0.15) is 4.31 Å². The van der Waals surface area contributed by atoms with E-state index in [1.165, 1.54) is 16.4 Å². The van der Waals surface area contributed by atoms with Crippen LogP contribution in [0, 0.1) is 0 Å². The Bertz CT molecular complexity index is 1090. The SMILES string of the molecule is O=C(Nc1cccc(S(=O)(=O)N2CCCC2)c1)c1cc(-c2ccccc2)on1. The molecule has 0 spiro atoms. The van der Waals surface area contributed by atoms with Crippen LogP contribution in [-0.4, -0.2) is 36.9 Å². The topological polar surface area (TPSA) is 92.5 Å². The molecule has 1 saturated heterocycles. The molecule has 1 N–H and O–H groups in total. The van der Waals surface area contributed by atoms with Gasteiger partial charge in [-0.1, -0.05) is 41.6 Å². The number of hydrogen-bond donors (Lipinski definition) is 1. The second kappa shape index (κ2) is 7.57. The second-order valence-electron chi connectivity index (χ2n) is 6.54. The summed E-state index contributed by atoms with van der Waals surface area (Å²) in [4.78, 5) is 12.6. The lowest BCUT2D eigenvalue weighted by Gasteiger charge is -2.16. The third kappa shape index (κ3) is 3.69. The zero-order chi connectivity index (χ0) is 19.6. The Morgan fingerprint density at radius 2 is 1.75 bits per heavy atom. The van der Waals surface area contributed by atoms with Gasteiger partial charge in [0.25, 0.3) is 5.91 Å². The lowest BCUT2D eigenvalue weighted by Crippen LogP contribution is -2.27. The summed E-state index contributed by atoms with van der Waals surface area (Å²) in [6.45, 7) is 1.06. The highest BCUT2D eigenvalue weighted by molar-refractivity contribution is 7.89. The third-order valence-corrected chi connectivity index (χ3v) is 6.49. The number of carbonyl (C=O) groups is 1. The highest BCUT2D eigenvalue weighted by Crippen LogP contribution is 2.24. The zero-order valence-electron chi connectivity index (χ0n) is 15.0. The van der Waals surface area contributed by atoms with Crippen molar-refractivity contribution >= 4 is 21.6 Å². The van der Waals surface area contributed by atoms with Gasteiger partial charge in [-0.3, -0.25) is 4.79 Å². The fourth-order valence-corrected chi connectivity index (χ4v) is 4.69. The van der Waals surface area contributed by atoms with Crippen molar-refractivity contribution in [2.45, 2.75) is 17.7 Å². The number of carbonyl (C=O) groups excluding carboxylic acids is 1. The van der Waals surface area contributed by atoms with Crippen LogP contribution < -0.4 is 5.32 Å². The van der Waals surface area contributed by atoms with Gasteiger partial charge >= 0.3 is 0 Å². The van der Waals surface area contributed by atoms with Crippen molar-refractivity contribution < 1.29 is 17.7 Å². The van der Waals surface area contributed by atoms with Gasteiger partial charge in [0, 0.05) is 30.4 Å². The summed E-state index contributed by atoms with van der Waals surface area (Å²) in [6.07, 6.45) is 1.73. The van der Waals surface area contributed by atoms with Crippen molar-refractivity contribution in [2.75, 3.05) is 18.4 Å². The molecule has 2 heterocycles. The van der Waals surface area contributed by atoms with Crippen molar-refractivity contribution in [3.8, 4) is 11.3 Å². The molecular formula is C20H19N3O4S. The molecule has 0 bridgehead atoms. The minimum atomic E-state index is -3.55. The molecular weight excluding hydrogens is 378 g/mol. The minimum absolute atomic E-state index is 0.117. The van der Waals surface area contributed by atoms with Crippen LogP contribution >= 0.6 is 0 Å². The molecule has 1 aliphatic heterocycles. The summed E-state index contributed by atoms with van der Waals surface area (Å²) in [5.74, 6) is 0.0118. The van der Waals surface area contributed by atoms with E-state index in [-0.39, 0.29) is 10.6 Å². The average molecular weight is 397 g/mol. The Morgan fingerprint density at radius 1 is 1.00 bits per heavy atom. The van der Waals surface area contributed by atoms with Crippen LogP contribution in [0.5, 0.6) is 0 Å². The quantitative estimate of drug-likeness (QED) is 0.712. The monoisotopic (exact) mass is 397 g/mol. The van der Waals surface area contributed by atoms with E-state index < -0.39 is 15.9 Å². The molecule has 2 aromatic carbocycles. The van der Waals surface area contributed by atoms with Gasteiger partial charge in [-0.05, 0) is 31.0 Å². The van der Waals surface area contributed by atoms with Gasteiger partial charge in [0.2, 0.25) is 10.0 Å². The molecule has 7 nitrogen and oxygen atoms in total. The maximum Gasteiger partial charge on any atom is 0.277 e. The number of aromatic nitrogens is 1. The van der Waals surface area contributed by atoms with Crippen LogP contribution in [0.1, 0.15) is 23.3 Å². The molecule has 1 amide bonds. The third-order valence-electron chi connectivity index (χ3n) is 4.60. The van der Waals surface area contributed by atoms with E-state index in [0.717, 1.165) is 18.4 Å². The molecule has 8 heteroatoms. The molecule has 1 aliphatic rings. The summed E-state index contributed by atoms with van der Waals surface area (Å²) in [5, 5.41) is 6.49. The first kappa shape index (κ1) is 18.4. The van der Waals surface area contributed by atoms with Gasteiger partial charge in [0.1, 0.15) is 0 Å². The average Bonchev–Trinajstić information content (AvgIpc) is 3.41. The van der Waals surface area contributed by atoms with Crippen molar-refractivity contribution in [1.29, 1.82) is 0 Å². The van der Waals surface area contributed by atoms with Gasteiger partial charge in [-0.15, -0.1) is 0 Å². The Hall–Kier alpha value is -2.97. The van der Waals surface area contributed by atoms with Crippen molar-refractivity contribution in [2.24, 2.45) is 0 Å². The fourth-order valence-electron chi connectivity index (χ4n) is 3.13. The van der Waals surface area contributed by atoms with Crippen molar-refractivity contribution in [3.05, 3.63) is 66.4 Å². The molecule has 144 valence electrons. The number of anilines is 1. The van der Waals surface area contributed by atoms with Crippen LogP contribution in [-0.2, 0) is 10.0 Å². The number of benzene rings is 2. The largest absolute Gasteiger partial charge is 0.355 e. The number of hydrogen-bond acceptors (Lipinski definition) is 5. The Balaban J connectivity index is 1.52. The standard InChI is InChI=1S/C20H19N3O4S/c24-20(18-14-19(27-22-18)15-7-2-1-3-8-15)21-16-9-6-10-17(13-16)28(25,26)23-11-4-5-12-23/h1-3,6-10,13-14H,4-5,11-12H2,(H,21,24). The predicted octanol–water partition coefficient (Wildman–Crippen LogP) is 3.38. The van der Waals surface area contributed by atoms with Crippen LogP contribution in [0.4, 0.5) is 5.69 Å². The zero-order valence-corrected chi connectivity index (χ0v) is 15.9. The second-order valence-corrected chi connectivity index (χ2v) is 8.47. The van der Waals surface area contributed by atoms with Gasteiger partial charge in [0.05, 0.1) is 4.90 Å². The van der Waals surface area contributed by atoms with Gasteiger partial charge in [0.15, 0.2) is 11.5 Å². The maximum absolute atomic E-state index is 12.7. The fraction of sp³-hybridized carbons (Fsp3) is 0.200. The first-order chi connectivity index (χ1) is 13.5. The number of sulfonamides is 1. The molecule has 1 aromatic heterocycles. The maximum atomic E-state index is 12.7. The Morgan fingerprint density at radius 3 is 2.50 bits per heavy atom. The summed E-state index contributed by atoms with van der Waals surface area (Å²) in [5.41, 5.74) is 1.31. The number of rotatable bonds is 5. The highest BCUT2D eigenvalue weighted by atomic mass is 32.2. The van der Waals surface area contributed by atoms with Crippen LogP contribution in [0.25, 0.3) is 11.3 Å². The van der Waals surface area contributed by atoms with E-state index in [1.807, 2.05) is 30.3 Å². The van der Waals surface area contributed by atoms with Crippen LogP contribution in [0.15, 0.2) is 70.1 Å². The summed E-state index contributed by atoms with van der Waals surface area (Å²) in [7, 11) is -3.55. The van der Waals surface area contributed by atoms with Gasteiger partial charge in [-0.25, -0.2) is 8.42 Å². The lowest BCUT2D eigenvalue weighted by atomic mass is 10.1. The first-order valence-electron chi connectivity index (χ1n) is 8.98. The predicted molar refractivity (Wildman–Crippen MR) is 104 cm³/mol. The normalized spacial score (nSPS) is 14.9. The molecule has 28 heavy (non-hydrogen) atoms. The molecule has 0 aliphatic carbocycles. The van der Waals surface area contributed by atoms with Crippen molar-refractivity contribution in [3.63, 3.8) is 0 Å². The molecule has 0 atom stereocenters. The van der Waals surface area contributed by atoms with E-state index in [2.05, 4.69) is 10.5 Å². The molecule has 4 rings (SSSR count). The molecule has 3 aromatic rings. The highest BCUT2D eigenvalue weighted by Gasteiger charge is 2.27. The molecule has 0 unspecified atom stereocenters. The van der Waals surface area contributed by atoms with E-state index in [1.54, 1.807) is 18.2 Å². The van der Waals surface area contributed by atoms with Gasteiger partial charge < -0.3 is 9.84 Å². The number of nitrogens with zero attached hydrogens (tertiary/aromatic N) is 2. The van der Waals surface area contributed by atoms with E-state index in [9.17, 15) is 13.2 Å². The first-order valence-corrected chi connectivity index (χ1v) is 10.4. The molecule has 1 fully saturated rings. The van der Waals surface area contributed by atoms with E-state index >= 15 is 0 Å². The molecule has 0 radical (unpaired) electrons. The number of amides is 1. The van der Waals surface area contributed by atoms with Crippen LogP contribution in [0.2, 0.25) is 0 Å². The summed E-state index contributed by atoms with van der Waals surface area (Å²) in [6, 6.07) is 17.1. The van der Waals surface area contributed by atoms with Crippen molar-refractivity contribution in [1.82, 2.24) is 9.46 Å². The summed E-state index contributed by atoms with van der Waals surface area (Å²) < 4.78 is 32.1. The Labute approximate surface area is 163 Å².